The van der Waals surface area contributed by atoms with E-state index in [0.29, 0.717) is 44.8 Å². The number of piperidine rings is 1. The van der Waals surface area contributed by atoms with Crippen molar-refractivity contribution < 1.29 is 14.7 Å². The summed E-state index contributed by atoms with van der Waals surface area (Å²) >= 11 is 1.77. The number of carboxylic acids is 1. The van der Waals surface area contributed by atoms with E-state index in [1.807, 2.05) is 6.92 Å². The van der Waals surface area contributed by atoms with Gasteiger partial charge in [-0.15, -0.1) is 0 Å². The number of thioether (sulfide) groups is 1. The van der Waals surface area contributed by atoms with Crippen molar-refractivity contribution in [1.29, 1.82) is 0 Å². The summed E-state index contributed by atoms with van der Waals surface area (Å²) in [6.45, 7) is 5.76. The fraction of sp³-hybridized carbons (Fsp3) is 0.857. The van der Waals surface area contributed by atoms with Crippen molar-refractivity contribution in [2.24, 2.45) is 11.3 Å². The lowest BCUT2D eigenvalue weighted by Crippen LogP contribution is -2.50. The van der Waals surface area contributed by atoms with E-state index >= 15 is 0 Å². The van der Waals surface area contributed by atoms with Crippen LogP contribution in [0.2, 0.25) is 0 Å². The highest BCUT2D eigenvalue weighted by Gasteiger charge is 2.40. The first-order valence-corrected chi connectivity index (χ1v) is 8.59. The van der Waals surface area contributed by atoms with Crippen molar-refractivity contribution in [2.75, 3.05) is 31.6 Å². The van der Waals surface area contributed by atoms with Gasteiger partial charge in [-0.3, -0.25) is 4.79 Å². The lowest BCUT2D eigenvalue weighted by atomic mass is 9.76. The van der Waals surface area contributed by atoms with Gasteiger partial charge in [0.1, 0.15) is 0 Å². The molecule has 2 amide bonds. The Morgan fingerprint density at radius 1 is 1.40 bits per heavy atom. The predicted molar refractivity (Wildman–Crippen MR) is 82.1 cm³/mol. The molecule has 2 N–H and O–H groups in total. The van der Waals surface area contributed by atoms with E-state index in [0.717, 1.165) is 5.75 Å². The number of hydrogen-bond acceptors (Lipinski definition) is 3. The van der Waals surface area contributed by atoms with Gasteiger partial charge in [-0.25, -0.2) is 4.79 Å². The number of likely N-dealkylation sites (tertiary alicyclic amines) is 1. The molecule has 1 atom stereocenters. The Balaban J connectivity index is 2.41. The summed E-state index contributed by atoms with van der Waals surface area (Å²) in [5.74, 6) is 0.749. The monoisotopic (exact) mass is 302 g/mol. The first kappa shape index (κ1) is 17.1. The number of hydrogen-bond donors (Lipinski definition) is 2. The molecule has 0 saturated carbocycles. The minimum Gasteiger partial charge on any atom is -0.481 e. The van der Waals surface area contributed by atoms with Gasteiger partial charge in [-0.05, 0) is 37.2 Å². The zero-order chi connectivity index (χ0) is 15.2. The third kappa shape index (κ3) is 4.30. The molecule has 0 spiro atoms. The molecule has 1 fully saturated rings. The highest BCUT2D eigenvalue weighted by Crippen LogP contribution is 2.35. The molecule has 0 aromatic heterocycles. The van der Waals surface area contributed by atoms with Crippen molar-refractivity contribution in [1.82, 2.24) is 10.2 Å². The van der Waals surface area contributed by atoms with Gasteiger partial charge in [0.25, 0.3) is 0 Å². The second kappa shape index (κ2) is 7.76. The standard InChI is InChI=1S/C14H26N2O3S/c1-4-14(12(17)18)5-7-16(8-6-14)13(19)15-9-11(2)10-20-3/h11H,4-10H2,1-3H3,(H,15,19)(H,17,18). The molecule has 0 aromatic carbocycles. The number of carboxylic acid groups (broad SMARTS) is 1. The Morgan fingerprint density at radius 2 is 2.00 bits per heavy atom. The number of aliphatic carboxylic acids is 1. The first-order chi connectivity index (χ1) is 9.45. The fourth-order valence-electron chi connectivity index (χ4n) is 2.57. The quantitative estimate of drug-likeness (QED) is 0.789. The molecule has 0 radical (unpaired) electrons. The van der Waals surface area contributed by atoms with Crippen LogP contribution in [0.4, 0.5) is 4.79 Å². The van der Waals surface area contributed by atoms with Crippen LogP contribution in [0.3, 0.4) is 0 Å². The number of carbonyl (C=O) groups excluding carboxylic acids is 1. The summed E-state index contributed by atoms with van der Waals surface area (Å²) < 4.78 is 0. The number of amides is 2. The average molecular weight is 302 g/mol. The molecule has 0 bridgehead atoms. The number of nitrogens with one attached hydrogen (secondary N) is 1. The summed E-state index contributed by atoms with van der Waals surface area (Å²) in [5.41, 5.74) is -0.636. The van der Waals surface area contributed by atoms with Crippen molar-refractivity contribution in [2.45, 2.75) is 33.1 Å². The van der Waals surface area contributed by atoms with Crippen LogP contribution < -0.4 is 5.32 Å². The number of urea groups is 1. The zero-order valence-corrected chi connectivity index (χ0v) is 13.5. The lowest BCUT2D eigenvalue weighted by molar-refractivity contribution is -0.151. The Kier molecular flexibility index (Phi) is 6.65. The van der Waals surface area contributed by atoms with Crippen molar-refractivity contribution >= 4 is 23.8 Å². The maximum absolute atomic E-state index is 12.0. The van der Waals surface area contributed by atoms with E-state index in [-0.39, 0.29) is 6.03 Å². The summed E-state index contributed by atoms with van der Waals surface area (Å²) in [4.78, 5) is 25.1. The molecule has 20 heavy (non-hydrogen) atoms. The van der Waals surface area contributed by atoms with Crippen LogP contribution in [0.5, 0.6) is 0 Å². The lowest BCUT2D eigenvalue weighted by Gasteiger charge is -2.38. The molecule has 1 aliphatic heterocycles. The van der Waals surface area contributed by atoms with Crippen LogP contribution in [-0.2, 0) is 4.79 Å². The van der Waals surface area contributed by atoms with Crippen LogP contribution in [0.15, 0.2) is 0 Å². The second-order valence-electron chi connectivity index (χ2n) is 5.67. The van der Waals surface area contributed by atoms with Crippen LogP contribution >= 0.6 is 11.8 Å². The van der Waals surface area contributed by atoms with Gasteiger partial charge in [0, 0.05) is 19.6 Å². The van der Waals surface area contributed by atoms with Gasteiger partial charge >= 0.3 is 12.0 Å². The van der Waals surface area contributed by atoms with Crippen LogP contribution in [0.1, 0.15) is 33.1 Å². The molecule has 1 saturated heterocycles. The third-order valence-corrected chi connectivity index (χ3v) is 5.09. The molecule has 116 valence electrons. The third-order valence-electron chi connectivity index (χ3n) is 4.19. The summed E-state index contributed by atoms with van der Waals surface area (Å²) in [5, 5.41) is 12.3. The largest absolute Gasteiger partial charge is 0.481 e. The Bertz CT molecular complexity index is 341. The van der Waals surface area contributed by atoms with Gasteiger partial charge in [-0.2, -0.15) is 11.8 Å². The Morgan fingerprint density at radius 3 is 2.45 bits per heavy atom. The molecule has 1 rings (SSSR count). The van der Waals surface area contributed by atoms with E-state index in [9.17, 15) is 14.7 Å². The molecule has 0 aromatic rings. The maximum atomic E-state index is 12.0. The molecule has 0 aliphatic carbocycles. The van der Waals surface area contributed by atoms with E-state index in [1.54, 1.807) is 16.7 Å². The normalized spacial score (nSPS) is 19.4. The van der Waals surface area contributed by atoms with Gasteiger partial charge in [-0.1, -0.05) is 13.8 Å². The molecule has 1 aliphatic rings. The summed E-state index contributed by atoms with van der Waals surface area (Å²) in [6, 6.07) is -0.0620. The summed E-state index contributed by atoms with van der Waals surface area (Å²) in [6.07, 6.45) is 3.78. The van der Waals surface area contributed by atoms with Gasteiger partial charge in [0.15, 0.2) is 0 Å². The molecule has 5 nitrogen and oxygen atoms in total. The van der Waals surface area contributed by atoms with E-state index in [2.05, 4.69) is 18.5 Å². The highest BCUT2D eigenvalue weighted by molar-refractivity contribution is 7.98. The number of nitrogens with zero attached hydrogens (tertiary/aromatic N) is 1. The zero-order valence-electron chi connectivity index (χ0n) is 12.6. The highest BCUT2D eigenvalue weighted by atomic mass is 32.2. The fourth-order valence-corrected chi connectivity index (χ4v) is 3.26. The number of carbonyl (C=O) groups is 2. The van der Waals surface area contributed by atoms with Crippen molar-refractivity contribution in [3.8, 4) is 0 Å². The Hall–Kier alpha value is -0.910. The SMILES string of the molecule is CCC1(C(=O)O)CCN(C(=O)NCC(C)CSC)CC1. The van der Waals surface area contributed by atoms with Crippen LogP contribution in [0.25, 0.3) is 0 Å². The number of rotatable bonds is 6. The molecule has 1 heterocycles. The maximum Gasteiger partial charge on any atom is 0.317 e. The van der Waals surface area contributed by atoms with Crippen molar-refractivity contribution in [3.63, 3.8) is 0 Å². The van der Waals surface area contributed by atoms with Gasteiger partial charge in [0.2, 0.25) is 0 Å². The van der Waals surface area contributed by atoms with Crippen LogP contribution in [-0.4, -0.2) is 53.6 Å². The van der Waals surface area contributed by atoms with Crippen molar-refractivity contribution in [3.05, 3.63) is 0 Å². The topological polar surface area (TPSA) is 69.6 Å². The predicted octanol–water partition coefficient (Wildman–Crippen LogP) is 2.27. The minimum atomic E-state index is -0.728. The molecule has 1 unspecified atom stereocenters. The molecular weight excluding hydrogens is 276 g/mol. The second-order valence-corrected chi connectivity index (χ2v) is 6.58. The smallest absolute Gasteiger partial charge is 0.317 e. The average Bonchev–Trinajstić information content (AvgIpc) is 2.45. The van der Waals surface area contributed by atoms with E-state index < -0.39 is 11.4 Å². The van der Waals surface area contributed by atoms with E-state index in [1.165, 1.54) is 0 Å². The van der Waals surface area contributed by atoms with Gasteiger partial charge < -0.3 is 15.3 Å². The molecular formula is C14H26N2O3S. The van der Waals surface area contributed by atoms with E-state index in [4.69, 9.17) is 0 Å². The first-order valence-electron chi connectivity index (χ1n) is 7.20. The minimum absolute atomic E-state index is 0.0620. The molecule has 6 heteroatoms. The summed E-state index contributed by atoms with van der Waals surface area (Å²) in [7, 11) is 0. The van der Waals surface area contributed by atoms with Gasteiger partial charge in [0.05, 0.1) is 5.41 Å². The van der Waals surface area contributed by atoms with Crippen LogP contribution in [0, 0.1) is 11.3 Å². The Labute approximate surface area is 125 Å².